The molecule has 3 nitrogen and oxygen atoms in total. The maximum atomic E-state index is 11.6. The van der Waals surface area contributed by atoms with Crippen LogP contribution in [-0.2, 0) is 9.53 Å². The van der Waals surface area contributed by atoms with Crippen LogP contribution < -0.4 is 0 Å². The van der Waals surface area contributed by atoms with Gasteiger partial charge in [0.25, 0.3) is 0 Å². The number of ether oxygens (including phenoxy) is 1. The summed E-state index contributed by atoms with van der Waals surface area (Å²) in [6.45, 7) is 7.45. The molecule has 0 aromatic rings. The molecule has 4 fully saturated rings. The lowest BCUT2D eigenvalue weighted by Crippen LogP contribution is -2.57. The minimum absolute atomic E-state index is 0.0677. The first-order chi connectivity index (χ1) is 13.3. The molecule has 0 saturated heterocycles. The highest BCUT2D eigenvalue weighted by Gasteiger charge is 2.61. The van der Waals surface area contributed by atoms with Gasteiger partial charge in [-0.2, -0.15) is 0 Å². The zero-order chi connectivity index (χ0) is 20.1. The Morgan fingerprint density at radius 1 is 1.04 bits per heavy atom. The van der Waals surface area contributed by atoms with Gasteiger partial charge in [-0.25, -0.2) is 0 Å². The molecule has 0 aliphatic heterocycles. The molecule has 4 rings (SSSR count). The van der Waals surface area contributed by atoms with Crippen molar-refractivity contribution in [3.63, 3.8) is 0 Å². The molecule has 28 heavy (non-hydrogen) atoms. The van der Waals surface area contributed by atoms with E-state index in [1.807, 2.05) is 0 Å². The fraction of sp³-hybridized carbons (Fsp3) is 0.960. The summed E-state index contributed by atoms with van der Waals surface area (Å²) in [7, 11) is 1.49. The molecule has 9 atom stereocenters. The smallest absolute Gasteiger partial charge is 0.305 e. The van der Waals surface area contributed by atoms with Crippen LogP contribution in [0.15, 0.2) is 0 Å². The summed E-state index contributed by atoms with van der Waals surface area (Å²) in [4.78, 5) is 11.6. The van der Waals surface area contributed by atoms with Gasteiger partial charge >= 0.3 is 5.97 Å². The molecule has 0 aromatic carbocycles. The molecule has 4 saturated carbocycles. The summed E-state index contributed by atoms with van der Waals surface area (Å²) < 4.78 is 4.87. The minimum atomic E-state index is -0.0790. The Balaban J connectivity index is 1.52. The van der Waals surface area contributed by atoms with E-state index in [-0.39, 0.29) is 12.1 Å². The zero-order valence-electron chi connectivity index (χ0n) is 18.6. The molecule has 8 unspecified atom stereocenters. The normalized spacial score (nSPS) is 48.9. The zero-order valence-corrected chi connectivity index (χ0v) is 18.6. The SMILES string of the molecule is COC(=O)CCC(C)C1CCC2C3C[C@H](O)C4CCCCC4(C)C3CCC12C. The molecule has 3 heteroatoms. The summed E-state index contributed by atoms with van der Waals surface area (Å²) in [5.41, 5.74) is 0.769. The van der Waals surface area contributed by atoms with Gasteiger partial charge in [0.1, 0.15) is 0 Å². The predicted octanol–water partition coefficient (Wildman–Crippen LogP) is 5.60. The number of carbonyl (C=O) groups excluding carboxylic acids is 1. The van der Waals surface area contributed by atoms with E-state index in [0.29, 0.717) is 35.0 Å². The Morgan fingerprint density at radius 2 is 1.79 bits per heavy atom. The van der Waals surface area contributed by atoms with Crippen molar-refractivity contribution in [2.24, 2.45) is 46.3 Å². The van der Waals surface area contributed by atoms with E-state index in [4.69, 9.17) is 4.74 Å². The van der Waals surface area contributed by atoms with Crippen LogP contribution in [0.1, 0.15) is 91.4 Å². The molecule has 0 radical (unpaired) electrons. The van der Waals surface area contributed by atoms with Gasteiger partial charge in [0, 0.05) is 6.42 Å². The number of fused-ring (bicyclic) bond motifs is 5. The van der Waals surface area contributed by atoms with Crippen LogP contribution in [0.4, 0.5) is 0 Å². The predicted molar refractivity (Wildman–Crippen MR) is 112 cm³/mol. The van der Waals surface area contributed by atoms with E-state index in [0.717, 1.165) is 30.6 Å². The fourth-order valence-corrected chi connectivity index (χ4v) is 8.98. The van der Waals surface area contributed by atoms with Crippen LogP contribution >= 0.6 is 0 Å². The second kappa shape index (κ2) is 7.60. The second-order valence-electron chi connectivity index (χ2n) is 11.4. The second-order valence-corrected chi connectivity index (χ2v) is 11.4. The quantitative estimate of drug-likeness (QED) is 0.636. The number of aliphatic hydroxyl groups excluding tert-OH is 1. The summed E-state index contributed by atoms with van der Waals surface area (Å²) in [6, 6.07) is 0. The van der Waals surface area contributed by atoms with Crippen LogP contribution in [0.3, 0.4) is 0 Å². The van der Waals surface area contributed by atoms with Gasteiger partial charge in [-0.3, -0.25) is 4.79 Å². The van der Waals surface area contributed by atoms with Crippen LogP contribution in [0, 0.1) is 46.3 Å². The highest BCUT2D eigenvalue weighted by atomic mass is 16.5. The third-order valence-electron chi connectivity index (χ3n) is 10.4. The van der Waals surface area contributed by atoms with Crippen molar-refractivity contribution in [2.45, 2.75) is 97.5 Å². The number of methoxy groups -OCH3 is 1. The molecular formula is C25H42O3. The van der Waals surface area contributed by atoms with Crippen molar-refractivity contribution in [3.8, 4) is 0 Å². The Kier molecular flexibility index (Phi) is 5.61. The molecule has 1 N–H and O–H groups in total. The highest BCUT2D eigenvalue weighted by Crippen LogP contribution is 2.68. The number of esters is 1. The molecule has 0 amide bonds. The standard InChI is InChI=1S/C25H42O3/c1-16(8-11-23(27)28-4)18-9-10-19-17-15-22(26)21-7-5-6-13-24(21,2)20(17)12-14-25(18,19)3/h16-22,26H,5-15H2,1-4H3/t16?,17?,18?,19?,20?,21?,22-,24?,25?/m0/s1. The minimum Gasteiger partial charge on any atom is -0.469 e. The first-order valence-electron chi connectivity index (χ1n) is 12.1. The van der Waals surface area contributed by atoms with Crippen molar-refractivity contribution < 1.29 is 14.6 Å². The van der Waals surface area contributed by atoms with Crippen LogP contribution in [0.25, 0.3) is 0 Å². The van der Waals surface area contributed by atoms with Crippen LogP contribution in [0.5, 0.6) is 0 Å². The Bertz CT molecular complexity index is 588. The Labute approximate surface area is 172 Å². The maximum absolute atomic E-state index is 11.6. The van der Waals surface area contributed by atoms with Gasteiger partial charge in [-0.05, 0) is 97.7 Å². The molecular weight excluding hydrogens is 348 g/mol. The van der Waals surface area contributed by atoms with Crippen molar-refractivity contribution in [1.29, 1.82) is 0 Å². The number of hydrogen-bond acceptors (Lipinski definition) is 3. The van der Waals surface area contributed by atoms with E-state index in [1.54, 1.807) is 0 Å². The first kappa shape index (κ1) is 20.7. The van der Waals surface area contributed by atoms with E-state index in [1.165, 1.54) is 58.5 Å². The number of carbonyl (C=O) groups is 1. The molecule has 4 aliphatic rings. The lowest BCUT2D eigenvalue weighted by molar-refractivity contribution is -0.159. The first-order valence-corrected chi connectivity index (χ1v) is 12.1. The van der Waals surface area contributed by atoms with Gasteiger partial charge in [0.15, 0.2) is 0 Å². The van der Waals surface area contributed by atoms with Crippen LogP contribution in [-0.4, -0.2) is 24.3 Å². The van der Waals surface area contributed by atoms with Crippen LogP contribution in [0.2, 0.25) is 0 Å². The molecule has 160 valence electrons. The van der Waals surface area contributed by atoms with Gasteiger partial charge < -0.3 is 9.84 Å². The molecule has 0 heterocycles. The van der Waals surface area contributed by atoms with Gasteiger partial charge in [-0.15, -0.1) is 0 Å². The number of hydrogen-bond donors (Lipinski definition) is 1. The van der Waals surface area contributed by atoms with Crippen molar-refractivity contribution in [1.82, 2.24) is 0 Å². The van der Waals surface area contributed by atoms with E-state index in [9.17, 15) is 9.90 Å². The largest absolute Gasteiger partial charge is 0.469 e. The Morgan fingerprint density at radius 3 is 2.54 bits per heavy atom. The average molecular weight is 391 g/mol. The number of aliphatic hydroxyl groups is 1. The van der Waals surface area contributed by atoms with Gasteiger partial charge in [0.2, 0.25) is 0 Å². The topological polar surface area (TPSA) is 46.5 Å². The van der Waals surface area contributed by atoms with E-state index in [2.05, 4.69) is 20.8 Å². The van der Waals surface area contributed by atoms with Crippen molar-refractivity contribution in [2.75, 3.05) is 7.11 Å². The lowest BCUT2D eigenvalue weighted by Gasteiger charge is -2.62. The summed E-state index contributed by atoms with van der Waals surface area (Å²) >= 11 is 0. The van der Waals surface area contributed by atoms with Crippen molar-refractivity contribution >= 4 is 5.97 Å². The third-order valence-corrected chi connectivity index (χ3v) is 10.4. The molecule has 0 aromatic heterocycles. The lowest BCUT2D eigenvalue weighted by atomic mass is 9.44. The summed E-state index contributed by atoms with van der Waals surface area (Å²) in [5.74, 6) is 4.08. The maximum Gasteiger partial charge on any atom is 0.305 e. The highest BCUT2D eigenvalue weighted by molar-refractivity contribution is 5.69. The summed E-state index contributed by atoms with van der Waals surface area (Å²) in [6.07, 6.45) is 13.1. The number of rotatable bonds is 4. The van der Waals surface area contributed by atoms with E-state index >= 15 is 0 Å². The monoisotopic (exact) mass is 390 g/mol. The van der Waals surface area contributed by atoms with Crippen molar-refractivity contribution in [3.05, 3.63) is 0 Å². The van der Waals surface area contributed by atoms with Gasteiger partial charge in [0.05, 0.1) is 13.2 Å². The van der Waals surface area contributed by atoms with E-state index < -0.39 is 0 Å². The Hall–Kier alpha value is -0.570. The third kappa shape index (κ3) is 3.15. The summed E-state index contributed by atoms with van der Waals surface area (Å²) in [5, 5.41) is 11.1. The molecule has 0 spiro atoms. The average Bonchev–Trinajstić information content (AvgIpc) is 3.03. The fourth-order valence-electron chi connectivity index (χ4n) is 8.98. The molecule has 4 aliphatic carbocycles. The van der Waals surface area contributed by atoms with Gasteiger partial charge in [-0.1, -0.05) is 33.6 Å². The molecule has 0 bridgehead atoms.